The third-order valence-corrected chi connectivity index (χ3v) is 4.64. The van der Waals surface area contributed by atoms with Gasteiger partial charge in [0, 0.05) is 11.6 Å². The number of amides is 1. The number of nitrogens with one attached hydrogen (secondary N) is 1. The first kappa shape index (κ1) is 16.1. The smallest absolute Gasteiger partial charge is 0.287 e. The van der Waals surface area contributed by atoms with Crippen LogP contribution in [-0.4, -0.2) is 30.4 Å². The van der Waals surface area contributed by atoms with E-state index in [-0.39, 0.29) is 11.9 Å². The van der Waals surface area contributed by atoms with Crippen LogP contribution in [0.1, 0.15) is 41.4 Å². The minimum absolute atomic E-state index is 0.0860. The lowest BCUT2D eigenvalue weighted by atomic mass is 10.0. The largest absolute Gasteiger partial charge is 0.459 e. The van der Waals surface area contributed by atoms with Crippen molar-refractivity contribution in [2.75, 3.05) is 19.6 Å². The molecule has 1 saturated heterocycles. The molecule has 1 N–H and O–H groups in total. The van der Waals surface area contributed by atoms with Gasteiger partial charge in [-0.25, -0.2) is 0 Å². The molecule has 122 valence electrons. The monoisotopic (exact) mass is 332 g/mol. The quantitative estimate of drug-likeness (QED) is 0.903. The van der Waals surface area contributed by atoms with E-state index in [4.69, 9.17) is 16.0 Å². The SMILES string of the molecule is O=C(NC[C@@H](c1ccccc1Cl)N1CCCCC1)c1ccco1. The third-order valence-electron chi connectivity index (χ3n) is 4.30. The van der Waals surface area contributed by atoms with Crippen LogP contribution in [0.2, 0.25) is 5.02 Å². The molecule has 1 aliphatic rings. The molecule has 0 aliphatic carbocycles. The number of piperidine rings is 1. The molecule has 0 bridgehead atoms. The second-order valence-corrected chi connectivity index (χ2v) is 6.23. The van der Waals surface area contributed by atoms with Crippen molar-refractivity contribution in [1.29, 1.82) is 0 Å². The molecular weight excluding hydrogens is 312 g/mol. The molecule has 23 heavy (non-hydrogen) atoms. The lowest BCUT2D eigenvalue weighted by molar-refractivity contribution is 0.0897. The molecule has 5 heteroatoms. The summed E-state index contributed by atoms with van der Waals surface area (Å²) in [6.45, 7) is 2.59. The van der Waals surface area contributed by atoms with Crippen molar-refractivity contribution in [1.82, 2.24) is 10.2 Å². The van der Waals surface area contributed by atoms with Gasteiger partial charge in [-0.1, -0.05) is 36.2 Å². The zero-order chi connectivity index (χ0) is 16.1. The average Bonchev–Trinajstić information content (AvgIpc) is 3.12. The standard InChI is InChI=1S/C18H21ClN2O2/c19-15-8-3-2-7-14(15)16(21-10-4-1-5-11-21)13-20-18(22)17-9-6-12-23-17/h2-3,6-9,12,16H,1,4-5,10-11,13H2,(H,20,22)/t16-/m0/s1. The van der Waals surface area contributed by atoms with Gasteiger partial charge >= 0.3 is 0 Å². The second kappa shape index (κ2) is 7.66. The number of hydrogen-bond acceptors (Lipinski definition) is 3. The van der Waals surface area contributed by atoms with Crippen molar-refractivity contribution >= 4 is 17.5 Å². The third kappa shape index (κ3) is 3.95. The van der Waals surface area contributed by atoms with Crippen LogP contribution >= 0.6 is 11.6 Å². The molecule has 2 heterocycles. The Bertz CT molecular complexity index is 636. The number of halogens is 1. The van der Waals surface area contributed by atoms with Gasteiger partial charge in [0.05, 0.1) is 12.3 Å². The van der Waals surface area contributed by atoms with Crippen LogP contribution in [0.25, 0.3) is 0 Å². The van der Waals surface area contributed by atoms with Crippen LogP contribution in [0.5, 0.6) is 0 Å². The average molecular weight is 333 g/mol. The van der Waals surface area contributed by atoms with E-state index in [9.17, 15) is 4.79 Å². The van der Waals surface area contributed by atoms with Crippen molar-refractivity contribution in [2.24, 2.45) is 0 Å². The topological polar surface area (TPSA) is 45.5 Å². The number of carbonyl (C=O) groups excluding carboxylic acids is 1. The summed E-state index contributed by atoms with van der Waals surface area (Å²) >= 11 is 6.40. The molecule has 1 aromatic carbocycles. The van der Waals surface area contributed by atoms with Gasteiger partial charge in [-0.05, 0) is 49.7 Å². The van der Waals surface area contributed by atoms with Crippen molar-refractivity contribution in [3.63, 3.8) is 0 Å². The van der Waals surface area contributed by atoms with Gasteiger partial charge in [0.1, 0.15) is 0 Å². The first-order valence-electron chi connectivity index (χ1n) is 8.06. The summed E-state index contributed by atoms with van der Waals surface area (Å²) in [6.07, 6.45) is 5.15. The molecule has 1 amide bonds. The normalized spacial score (nSPS) is 16.9. The highest BCUT2D eigenvalue weighted by Crippen LogP contribution is 2.29. The zero-order valence-electron chi connectivity index (χ0n) is 13.0. The Hall–Kier alpha value is -1.78. The fourth-order valence-corrected chi connectivity index (χ4v) is 3.36. The number of rotatable bonds is 5. The van der Waals surface area contributed by atoms with Gasteiger partial charge in [-0.3, -0.25) is 9.69 Å². The minimum atomic E-state index is -0.191. The van der Waals surface area contributed by atoms with Crippen molar-refractivity contribution in [2.45, 2.75) is 25.3 Å². The van der Waals surface area contributed by atoms with Gasteiger partial charge < -0.3 is 9.73 Å². The summed E-state index contributed by atoms with van der Waals surface area (Å²) < 4.78 is 5.15. The fourth-order valence-electron chi connectivity index (χ4n) is 3.10. The Morgan fingerprint density at radius 1 is 1.17 bits per heavy atom. The predicted molar refractivity (Wildman–Crippen MR) is 90.7 cm³/mol. The highest BCUT2D eigenvalue weighted by Gasteiger charge is 2.24. The molecule has 1 fully saturated rings. The van der Waals surface area contributed by atoms with Crippen LogP contribution in [0.15, 0.2) is 47.1 Å². The fraction of sp³-hybridized carbons (Fsp3) is 0.389. The lowest BCUT2D eigenvalue weighted by Crippen LogP contribution is -2.40. The Labute approximate surface area is 141 Å². The highest BCUT2D eigenvalue weighted by atomic mass is 35.5. The van der Waals surface area contributed by atoms with Crippen LogP contribution in [-0.2, 0) is 0 Å². The lowest BCUT2D eigenvalue weighted by Gasteiger charge is -2.35. The Morgan fingerprint density at radius 2 is 1.96 bits per heavy atom. The molecule has 0 radical (unpaired) electrons. The maximum absolute atomic E-state index is 12.2. The number of nitrogens with zero attached hydrogens (tertiary/aromatic N) is 1. The van der Waals surface area contributed by atoms with Gasteiger partial charge in [-0.2, -0.15) is 0 Å². The number of likely N-dealkylation sites (tertiary alicyclic amines) is 1. The highest BCUT2D eigenvalue weighted by molar-refractivity contribution is 6.31. The van der Waals surface area contributed by atoms with E-state index in [1.807, 2.05) is 24.3 Å². The van der Waals surface area contributed by atoms with E-state index in [2.05, 4.69) is 10.2 Å². The van der Waals surface area contributed by atoms with Crippen LogP contribution in [0.4, 0.5) is 0 Å². The van der Waals surface area contributed by atoms with Crippen molar-refractivity contribution in [3.05, 3.63) is 59.0 Å². The summed E-state index contributed by atoms with van der Waals surface area (Å²) in [7, 11) is 0. The number of furan rings is 1. The zero-order valence-corrected chi connectivity index (χ0v) is 13.8. The molecule has 3 rings (SSSR count). The van der Waals surface area contributed by atoms with E-state index in [0.29, 0.717) is 12.3 Å². The number of benzene rings is 1. The van der Waals surface area contributed by atoms with Crippen LogP contribution in [0.3, 0.4) is 0 Å². The van der Waals surface area contributed by atoms with Gasteiger partial charge in [-0.15, -0.1) is 0 Å². The van der Waals surface area contributed by atoms with Crippen molar-refractivity contribution < 1.29 is 9.21 Å². The number of carbonyl (C=O) groups is 1. The molecule has 0 unspecified atom stereocenters. The minimum Gasteiger partial charge on any atom is -0.459 e. The summed E-state index contributed by atoms with van der Waals surface area (Å²) in [5.74, 6) is 0.144. The van der Waals surface area contributed by atoms with Crippen LogP contribution in [0, 0.1) is 0 Å². The molecule has 2 aromatic rings. The summed E-state index contributed by atoms with van der Waals surface area (Å²) in [6, 6.07) is 11.3. The summed E-state index contributed by atoms with van der Waals surface area (Å²) in [5.41, 5.74) is 1.07. The Balaban J connectivity index is 1.75. The summed E-state index contributed by atoms with van der Waals surface area (Å²) in [4.78, 5) is 14.6. The van der Waals surface area contributed by atoms with Crippen LogP contribution < -0.4 is 5.32 Å². The molecule has 0 spiro atoms. The first-order chi connectivity index (χ1) is 11.3. The Morgan fingerprint density at radius 3 is 2.65 bits per heavy atom. The molecule has 1 atom stereocenters. The predicted octanol–water partition coefficient (Wildman–Crippen LogP) is 3.89. The number of hydrogen-bond donors (Lipinski definition) is 1. The molecule has 4 nitrogen and oxygen atoms in total. The van der Waals surface area contributed by atoms with Gasteiger partial charge in [0.2, 0.25) is 0 Å². The molecular formula is C18H21ClN2O2. The van der Waals surface area contributed by atoms with E-state index < -0.39 is 0 Å². The molecule has 0 saturated carbocycles. The molecule has 1 aliphatic heterocycles. The van der Waals surface area contributed by atoms with E-state index >= 15 is 0 Å². The van der Waals surface area contributed by atoms with E-state index in [1.165, 1.54) is 25.5 Å². The van der Waals surface area contributed by atoms with Gasteiger partial charge in [0.25, 0.3) is 5.91 Å². The van der Waals surface area contributed by atoms with E-state index in [0.717, 1.165) is 23.7 Å². The van der Waals surface area contributed by atoms with Gasteiger partial charge in [0.15, 0.2) is 5.76 Å². The molecule has 1 aromatic heterocycles. The van der Waals surface area contributed by atoms with Crippen molar-refractivity contribution in [3.8, 4) is 0 Å². The van der Waals surface area contributed by atoms with E-state index in [1.54, 1.807) is 12.1 Å². The summed E-state index contributed by atoms with van der Waals surface area (Å²) in [5, 5.41) is 3.72. The second-order valence-electron chi connectivity index (χ2n) is 5.82. The first-order valence-corrected chi connectivity index (χ1v) is 8.43. The Kier molecular flexibility index (Phi) is 5.36. The maximum Gasteiger partial charge on any atom is 0.287 e. The maximum atomic E-state index is 12.2.